The monoisotopic (exact) mass is 451 g/mol. The largest absolute Gasteiger partial charge is 0.361 e. The van der Waals surface area contributed by atoms with E-state index in [0.717, 1.165) is 5.56 Å². The van der Waals surface area contributed by atoms with E-state index in [1.54, 1.807) is 23.0 Å². The van der Waals surface area contributed by atoms with Gasteiger partial charge in [0.25, 0.3) is 5.82 Å². The minimum absolute atomic E-state index is 0.0189. The molecule has 1 unspecified atom stereocenters. The Bertz CT molecular complexity index is 1290. The SMILES string of the molecule is [C-]#[N+]c1cc(-c2cccc(C(C)C)c2NC(=O)NS(=N)(=O)c2ccn(C(C)C)n2)ccn1. The van der Waals surface area contributed by atoms with Gasteiger partial charge in [0.2, 0.25) is 0 Å². The number of anilines is 1. The Balaban J connectivity index is 1.95. The molecule has 0 saturated carbocycles. The standard InChI is InChI=1S/C22H25N7O2S/c1-14(2)17-7-6-8-18(16-9-11-25-19(13-16)24-5)21(17)26-22(30)28-32(23,31)20-10-12-29(27-20)15(3)4/h6-15H,1-4H3,(H3,23,26,28,30,31). The minimum atomic E-state index is -3.66. The summed E-state index contributed by atoms with van der Waals surface area (Å²) in [6.45, 7) is 15.0. The van der Waals surface area contributed by atoms with Crippen LogP contribution in [0.1, 0.15) is 45.2 Å². The Morgan fingerprint density at radius 1 is 1.22 bits per heavy atom. The van der Waals surface area contributed by atoms with Crippen LogP contribution in [0.4, 0.5) is 16.3 Å². The van der Waals surface area contributed by atoms with Crippen LogP contribution in [-0.4, -0.2) is 25.0 Å². The molecule has 32 heavy (non-hydrogen) atoms. The molecule has 3 rings (SSSR count). The summed E-state index contributed by atoms with van der Waals surface area (Å²) < 4.78 is 24.8. The smallest absolute Gasteiger partial charge is 0.332 e. The second-order valence-corrected chi connectivity index (χ2v) is 9.51. The average Bonchev–Trinajstić information content (AvgIpc) is 3.25. The third-order valence-electron chi connectivity index (χ3n) is 4.77. The molecular weight excluding hydrogens is 426 g/mol. The average molecular weight is 452 g/mol. The fourth-order valence-corrected chi connectivity index (χ4v) is 4.04. The molecule has 1 aromatic carbocycles. The van der Waals surface area contributed by atoms with Crippen molar-refractivity contribution in [1.29, 1.82) is 4.78 Å². The van der Waals surface area contributed by atoms with E-state index in [1.807, 2.05) is 45.9 Å². The zero-order valence-corrected chi connectivity index (χ0v) is 19.1. The van der Waals surface area contributed by atoms with Gasteiger partial charge in [-0.25, -0.2) is 18.5 Å². The van der Waals surface area contributed by atoms with Crippen molar-refractivity contribution in [3.05, 3.63) is 65.8 Å². The van der Waals surface area contributed by atoms with Crippen molar-refractivity contribution in [3.63, 3.8) is 0 Å². The quantitative estimate of drug-likeness (QED) is 0.438. The van der Waals surface area contributed by atoms with E-state index in [4.69, 9.17) is 11.4 Å². The maximum atomic E-state index is 12.9. The lowest BCUT2D eigenvalue weighted by molar-refractivity contribution is 0.256. The zero-order valence-electron chi connectivity index (χ0n) is 18.3. The number of aromatic nitrogens is 3. The number of amides is 2. The number of carbonyl (C=O) groups is 1. The van der Waals surface area contributed by atoms with Crippen LogP contribution in [0.3, 0.4) is 0 Å². The van der Waals surface area contributed by atoms with E-state index in [9.17, 15) is 9.00 Å². The Hall–Kier alpha value is -3.71. The summed E-state index contributed by atoms with van der Waals surface area (Å²) in [4.78, 5) is 20.2. The van der Waals surface area contributed by atoms with Gasteiger partial charge in [-0.15, -0.1) is 4.98 Å². The summed E-state index contributed by atoms with van der Waals surface area (Å²) in [5.74, 6) is 0.317. The number of rotatable bonds is 6. The van der Waals surface area contributed by atoms with Gasteiger partial charge in [-0.05, 0) is 49.1 Å². The van der Waals surface area contributed by atoms with E-state index in [-0.39, 0.29) is 22.8 Å². The number of pyridine rings is 1. The van der Waals surface area contributed by atoms with Crippen molar-refractivity contribution in [2.45, 2.75) is 44.7 Å². The van der Waals surface area contributed by atoms with Crippen molar-refractivity contribution in [2.24, 2.45) is 0 Å². The van der Waals surface area contributed by atoms with Crippen LogP contribution in [0, 0.1) is 11.4 Å². The van der Waals surface area contributed by atoms with E-state index in [0.29, 0.717) is 16.8 Å². The molecule has 0 fully saturated rings. The number of carbonyl (C=O) groups excluding carboxylic acids is 1. The number of hydrogen-bond acceptors (Lipinski definition) is 5. The molecule has 10 heteroatoms. The van der Waals surface area contributed by atoms with Gasteiger partial charge in [0.1, 0.15) is 6.20 Å². The number of hydrogen-bond donors (Lipinski definition) is 3. The van der Waals surface area contributed by atoms with Crippen molar-refractivity contribution in [3.8, 4) is 11.1 Å². The van der Waals surface area contributed by atoms with Crippen molar-refractivity contribution in [2.75, 3.05) is 5.32 Å². The molecule has 0 aliphatic heterocycles. The molecule has 0 saturated heterocycles. The van der Waals surface area contributed by atoms with Gasteiger partial charge in [-0.3, -0.25) is 4.68 Å². The van der Waals surface area contributed by atoms with Crippen LogP contribution < -0.4 is 10.0 Å². The fraction of sp³-hybridized carbons (Fsp3) is 0.273. The lowest BCUT2D eigenvalue weighted by Crippen LogP contribution is -2.34. The molecule has 2 aromatic heterocycles. The molecule has 3 N–H and O–H groups in total. The molecule has 0 bridgehead atoms. The van der Waals surface area contributed by atoms with Crippen molar-refractivity contribution >= 4 is 27.5 Å². The normalized spacial score (nSPS) is 12.9. The summed E-state index contributed by atoms with van der Waals surface area (Å²) in [6, 6.07) is 9.71. The van der Waals surface area contributed by atoms with E-state index < -0.39 is 15.9 Å². The van der Waals surface area contributed by atoms with Gasteiger partial charge in [0.15, 0.2) is 14.9 Å². The van der Waals surface area contributed by atoms with Crippen LogP contribution in [0.25, 0.3) is 16.0 Å². The van der Waals surface area contributed by atoms with Crippen LogP contribution in [0.15, 0.2) is 53.8 Å². The lowest BCUT2D eigenvalue weighted by Gasteiger charge is -2.19. The van der Waals surface area contributed by atoms with Crippen LogP contribution in [-0.2, 0) is 9.92 Å². The molecule has 0 spiro atoms. The summed E-state index contributed by atoms with van der Waals surface area (Å²) in [7, 11) is -3.66. The molecule has 9 nitrogen and oxygen atoms in total. The summed E-state index contributed by atoms with van der Waals surface area (Å²) in [6.07, 6.45) is 3.16. The second kappa shape index (κ2) is 9.20. The number of urea groups is 1. The fourth-order valence-electron chi connectivity index (χ4n) is 3.16. The van der Waals surface area contributed by atoms with Crippen LogP contribution in [0.2, 0.25) is 0 Å². The first-order valence-electron chi connectivity index (χ1n) is 10.0. The molecule has 2 amide bonds. The summed E-state index contributed by atoms with van der Waals surface area (Å²) in [5.41, 5.74) is 2.79. The zero-order chi connectivity index (χ0) is 23.5. The number of nitrogens with one attached hydrogen (secondary N) is 3. The third-order valence-corrected chi connectivity index (χ3v) is 6.05. The number of para-hydroxylation sites is 1. The first-order chi connectivity index (χ1) is 15.1. The highest BCUT2D eigenvalue weighted by Crippen LogP contribution is 2.35. The molecular formula is C22H25N7O2S. The molecule has 0 aliphatic carbocycles. The predicted molar refractivity (Wildman–Crippen MR) is 124 cm³/mol. The Morgan fingerprint density at radius 2 is 1.97 bits per heavy atom. The highest BCUT2D eigenvalue weighted by atomic mass is 32.2. The molecule has 3 aromatic rings. The van der Waals surface area contributed by atoms with Gasteiger partial charge in [0.05, 0.1) is 5.69 Å². The third kappa shape index (κ3) is 4.95. The molecule has 0 radical (unpaired) electrons. The molecule has 0 aliphatic rings. The molecule has 166 valence electrons. The highest BCUT2D eigenvalue weighted by molar-refractivity contribution is 7.91. The minimum Gasteiger partial charge on any atom is -0.361 e. The van der Waals surface area contributed by atoms with Gasteiger partial charge in [-0.1, -0.05) is 38.6 Å². The van der Waals surface area contributed by atoms with Gasteiger partial charge in [0, 0.05) is 17.8 Å². The Kier molecular flexibility index (Phi) is 6.60. The van der Waals surface area contributed by atoms with Crippen molar-refractivity contribution in [1.82, 2.24) is 19.5 Å². The maximum absolute atomic E-state index is 12.9. The summed E-state index contributed by atoms with van der Waals surface area (Å²) >= 11 is 0. The van der Waals surface area contributed by atoms with E-state index in [1.165, 1.54) is 12.3 Å². The van der Waals surface area contributed by atoms with Crippen LogP contribution >= 0.6 is 0 Å². The van der Waals surface area contributed by atoms with Crippen molar-refractivity contribution < 1.29 is 9.00 Å². The van der Waals surface area contributed by atoms with E-state index in [2.05, 4.69) is 25.0 Å². The number of nitrogens with zero attached hydrogens (tertiary/aromatic N) is 4. The lowest BCUT2D eigenvalue weighted by atomic mass is 9.94. The summed E-state index contributed by atoms with van der Waals surface area (Å²) in [5, 5.41) is 6.90. The molecule has 1 atom stereocenters. The first-order valence-corrected chi connectivity index (χ1v) is 11.6. The van der Waals surface area contributed by atoms with Gasteiger partial charge in [-0.2, -0.15) is 5.10 Å². The highest BCUT2D eigenvalue weighted by Gasteiger charge is 2.21. The second-order valence-electron chi connectivity index (χ2n) is 7.78. The topological polar surface area (TPSA) is 117 Å². The number of benzene rings is 1. The van der Waals surface area contributed by atoms with Crippen LogP contribution in [0.5, 0.6) is 0 Å². The molecule has 2 heterocycles. The van der Waals surface area contributed by atoms with Gasteiger partial charge >= 0.3 is 6.03 Å². The Labute approximate surface area is 187 Å². The first kappa shape index (κ1) is 23.0. The Morgan fingerprint density at radius 3 is 2.59 bits per heavy atom. The van der Waals surface area contributed by atoms with E-state index >= 15 is 0 Å². The maximum Gasteiger partial charge on any atom is 0.332 e. The predicted octanol–water partition coefficient (Wildman–Crippen LogP) is 5.34. The van der Waals surface area contributed by atoms with Gasteiger partial charge < -0.3 is 10.2 Å².